The van der Waals surface area contributed by atoms with Crippen LogP contribution in [-0.4, -0.2) is 38.7 Å². The first-order valence-corrected chi connectivity index (χ1v) is 8.58. The molecule has 2 atom stereocenters. The van der Waals surface area contributed by atoms with E-state index >= 15 is 0 Å². The summed E-state index contributed by atoms with van der Waals surface area (Å²) in [5.41, 5.74) is 2.63. The van der Waals surface area contributed by atoms with Crippen molar-refractivity contribution in [2.24, 2.45) is 13.0 Å². The van der Waals surface area contributed by atoms with Gasteiger partial charge in [0, 0.05) is 37.8 Å². The molecule has 0 saturated carbocycles. The fraction of sp³-hybridized carbons (Fsp3) is 0.263. The topological polar surface area (TPSA) is 84.7 Å². The average molecular weight is 385 g/mol. The SMILES string of the molecule is Cl.Cn1cc([C@H]2CNC[C@@H]2C(=O)Nc2cnc(-c3ccccc3)nc2)cn1. The maximum absolute atomic E-state index is 12.7. The van der Waals surface area contributed by atoms with E-state index in [0.29, 0.717) is 18.1 Å². The number of nitrogens with one attached hydrogen (secondary N) is 2. The van der Waals surface area contributed by atoms with E-state index in [1.54, 1.807) is 17.1 Å². The van der Waals surface area contributed by atoms with Crippen LogP contribution in [0.2, 0.25) is 0 Å². The normalized spacial score (nSPS) is 18.7. The number of halogens is 1. The van der Waals surface area contributed by atoms with Crippen LogP contribution in [0.1, 0.15) is 11.5 Å². The largest absolute Gasteiger partial charge is 0.323 e. The Kier molecular flexibility index (Phi) is 5.83. The molecule has 7 nitrogen and oxygen atoms in total. The lowest BCUT2D eigenvalue weighted by Crippen LogP contribution is -2.28. The average Bonchev–Trinajstić information content (AvgIpc) is 3.32. The summed E-state index contributed by atoms with van der Waals surface area (Å²) in [4.78, 5) is 21.4. The van der Waals surface area contributed by atoms with Crippen molar-refractivity contribution in [1.82, 2.24) is 25.1 Å². The molecule has 2 N–H and O–H groups in total. The molecule has 1 saturated heterocycles. The van der Waals surface area contributed by atoms with E-state index in [2.05, 4.69) is 25.7 Å². The van der Waals surface area contributed by atoms with Gasteiger partial charge in [-0.05, 0) is 5.56 Å². The summed E-state index contributed by atoms with van der Waals surface area (Å²) < 4.78 is 1.76. The van der Waals surface area contributed by atoms with E-state index < -0.39 is 0 Å². The first kappa shape index (κ1) is 19.0. The molecule has 0 spiro atoms. The van der Waals surface area contributed by atoms with Gasteiger partial charge in [-0.1, -0.05) is 30.3 Å². The predicted molar refractivity (Wildman–Crippen MR) is 106 cm³/mol. The van der Waals surface area contributed by atoms with Crippen molar-refractivity contribution in [3.05, 3.63) is 60.7 Å². The summed E-state index contributed by atoms with van der Waals surface area (Å²) >= 11 is 0. The second-order valence-corrected chi connectivity index (χ2v) is 6.47. The van der Waals surface area contributed by atoms with Crippen LogP contribution in [0.25, 0.3) is 11.4 Å². The first-order valence-electron chi connectivity index (χ1n) is 8.58. The molecule has 8 heteroatoms. The Hall–Kier alpha value is -2.77. The van der Waals surface area contributed by atoms with E-state index in [1.807, 2.05) is 49.8 Å². The number of aryl methyl sites for hydroxylation is 1. The minimum Gasteiger partial charge on any atom is -0.323 e. The highest BCUT2D eigenvalue weighted by Crippen LogP contribution is 2.28. The van der Waals surface area contributed by atoms with E-state index in [9.17, 15) is 4.79 Å². The molecular weight excluding hydrogens is 364 g/mol. The van der Waals surface area contributed by atoms with Crippen LogP contribution < -0.4 is 10.6 Å². The van der Waals surface area contributed by atoms with Crippen LogP contribution in [0, 0.1) is 5.92 Å². The van der Waals surface area contributed by atoms with Gasteiger partial charge in [0.05, 0.1) is 30.2 Å². The van der Waals surface area contributed by atoms with Crippen LogP contribution in [0.5, 0.6) is 0 Å². The van der Waals surface area contributed by atoms with Crippen molar-refractivity contribution in [2.75, 3.05) is 18.4 Å². The van der Waals surface area contributed by atoms with Crippen molar-refractivity contribution in [1.29, 1.82) is 0 Å². The number of nitrogens with zero attached hydrogens (tertiary/aromatic N) is 4. The molecule has 4 rings (SSSR count). The number of anilines is 1. The molecule has 3 aromatic rings. The molecule has 2 aromatic heterocycles. The maximum Gasteiger partial charge on any atom is 0.229 e. The highest BCUT2D eigenvalue weighted by Gasteiger charge is 2.34. The van der Waals surface area contributed by atoms with Gasteiger partial charge in [0.1, 0.15) is 0 Å². The Bertz CT molecular complexity index is 896. The Morgan fingerprint density at radius 2 is 1.89 bits per heavy atom. The maximum atomic E-state index is 12.7. The van der Waals surface area contributed by atoms with E-state index in [4.69, 9.17) is 0 Å². The summed E-state index contributed by atoms with van der Waals surface area (Å²) in [6.45, 7) is 1.42. The molecule has 140 valence electrons. The molecule has 0 radical (unpaired) electrons. The third-order valence-electron chi connectivity index (χ3n) is 4.66. The summed E-state index contributed by atoms with van der Waals surface area (Å²) in [6, 6.07) is 9.75. The van der Waals surface area contributed by atoms with Crippen molar-refractivity contribution in [3.8, 4) is 11.4 Å². The highest BCUT2D eigenvalue weighted by atomic mass is 35.5. The summed E-state index contributed by atoms with van der Waals surface area (Å²) in [5, 5.41) is 10.5. The molecule has 1 aliphatic heterocycles. The molecule has 1 amide bonds. The highest BCUT2D eigenvalue weighted by molar-refractivity contribution is 5.93. The van der Waals surface area contributed by atoms with Crippen LogP contribution in [0.3, 0.4) is 0 Å². The first-order chi connectivity index (χ1) is 12.7. The lowest BCUT2D eigenvalue weighted by atomic mass is 9.90. The summed E-state index contributed by atoms with van der Waals surface area (Å²) in [7, 11) is 1.88. The molecule has 3 heterocycles. The Labute approximate surface area is 163 Å². The van der Waals surface area contributed by atoms with Crippen molar-refractivity contribution >= 4 is 24.0 Å². The third kappa shape index (κ3) is 4.15. The van der Waals surface area contributed by atoms with Gasteiger partial charge in [0.25, 0.3) is 0 Å². The number of hydrogen-bond acceptors (Lipinski definition) is 5. The predicted octanol–water partition coefficient (Wildman–Crippen LogP) is 2.24. The van der Waals surface area contributed by atoms with Gasteiger partial charge in [-0.15, -0.1) is 12.4 Å². The second kappa shape index (κ2) is 8.28. The second-order valence-electron chi connectivity index (χ2n) is 6.47. The van der Waals surface area contributed by atoms with Crippen LogP contribution >= 0.6 is 12.4 Å². The van der Waals surface area contributed by atoms with Gasteiger partial charge >= 0.3 is 0 Å². The number of carbonyl (C=O) groups is 1. The lowest BCUT2D eigenvalue weighted by molar-refractivity contribution is -0.119. The fourth-order valence-electron chi connectivity index (χ4n) is 3.30. The fourth-order valence-corrected chi connectivity index (χ4v) is 3.30. The van der Waals surface area contributed by atoms with Crippen molar-refractivity contribution in [3.63, 3.8) is 0 Å². The molecule has 0 unspecified atom stereocenters. The number of rotatable bonds is 4. The molecule has 1 fully saturated rings. The number of hydrogen-bond donors (Lipinski definition) is 2. The minimum atomic E-state index is -0.145. The van der Waals surface area contributed by atoms with Crippen molar-refractivity contribution < 1.29 is 4.79 Å². The smallest absolute Gasteiger partial charge is 0.229 e. The third-order valence-corrected chi connectivity index (χ3v) is 4.66. The summed E-state index contributed by atoms with van der Waals surface area (Å²) in [6.07, 6.45) is 7.09. The minimum absolute atomic E-state index is 0. The van der Waals surface area contributed by atoms with E-state index in [0.717, 1.165) is 17.7 Å². The molecule has 27 heavy (non-hydrogen) atoms. The van der Waals surface area contributed by atoms with Gasteiger partial charge in [-0.3, -0.25) is 9.48 Å². The van der Waals surface area contributed by atoms with Gasteiger partial charge in [-0.25, -0.2) is 9.97 Å². The number of benzene rings is 1. The molecule has 1 aliphatic rings. The van der Waals surface area contributed by atoms with Crippen LogP contribution in [0.4, 0.5) is 5.69 Å². The Balaban J connectivity index is 0.00000210. The number of carbonyl (C=O) groups excluding carboxylic acids is 1. The quantitative estimate of drug-likeness (QED) is 0.720. The monoisotopic (exact) mass is 384 g/mol. The standard InChI is InChI=1S/C19H20N6O.ClH/c1-25-12-14(7-23-25)16-10-20-11-17(16)19(26)24-15-8-21-18(22-9-15)13-5-3-2-4-6-13;/h2-9,12,16-17,20H,10-11H2,1H3,(H,24,26);1H/t16-,17+;/m1./s1. The molecule has 0 aliphatic carbocycles. The molecule has 1 aromatic carbocycles. The van der Waals surface area contributed by atoms with Gasteiger partial charge < -0.3 is 10.6 Å². The summed E-state index contributed by atoms with van der Waals surface area (Å²) in [5.74, 6) is 0.584. The number of aromatic nitrogens is 4. The van der Waals surface area contributed by atoms with E-state index in [1.165, 1.54) is 0 Å². The van der Waals surface area contributed by atoms with E-state index in [-0.39, 0.29) is 30.2 Å². The van der Waals surface area contributed by atoms with Gasteiger partial charge in [-0.2, -0.15) is 5.10 Å². The zero-order valence-electron chi connectivity index (χ0n) is 14.9. The van der Waals surface area contributed by atoms with Crippen molar-refractivity contribution in [2.45, 2.75) is 5.92 Å². The van der Waals surface area contributed by atoms with Crippen LogP contribution in [0.15, 0.2) is 55.1 Å². The zero-order valence-corrected chi connectivity index (χ0v) is 15.7. The molecule has 0 bridgehead atoms. The van der Waals surface area contributed by atoms with Gasteiger partial charge in [0.2, 0.25) is 5.91 Å². The van der Waals surface area contributed by atoms with Crippen LogP contribution in [-0.2, 0) is 11.8 Å². The van der Waals surface area contributed by atoms with Gasteiger partial charge in [0.15, 0.2) is 5.82 Å². The Morgan fingerprint density at radius 1 is 1.15 bits per heavy atom. The lowest BCUT2D eigenvalue weighted by Gasteiger charge is -2.16. The molecular formula is C19H21ClN6O. The number of amides is 1. The zero-order chi connectivity index (χ0) is 17.9. The Morgan fingerprint density at radius 3 is 2.56 bits per heavy atom.